The predicted octanol–water partition coefficient (Wildman–Crippen LogP) is 6.41. The van der Waals surface area contributed by atoms with Crippen molar-refractivity contribution in [1.82, 2.24) is 0 Å². The molecule has 0 N–H and O–H groups in total. The summed E-state index contributed by atoms with van der Waals surface area (Å²) in [4.78, 5) is 11.9. The number of rotatable bonds is 11. The Kier molecular flexibility index (Phi) is 9.58. The third-order valence-electron chi connectivity index (χ3n) is 5.51. The van der Waals surface area contributed by atoms with E-state index in [1.807, 2.05) is 12.1 Å². The van der Waals surface area contributed by atoms with E-state index in [9.17, 15) is 4.79 Å². The molecule has 1 aromatic carbocycles. The van der Waals surface area contributed by atoms with Gasteiger partial charge in [-0.2, -0.15) is 0 Å². The first-order chi connectivity index (χ1) is 12.7. The summed E-state index contributed by atoms with van der Waals surface area (Å²) in [5, 5.41) is 0. The van der Waals surface area contributed by atoms with Gasteiger partial charge in [0.1, 0.15) is 5.75 Å². The number of hydrogen-bond donors (Lipinski definition) is 0. The molecule has 1 aliphatic carbocycles. The van der Waals surface area contributed by atoms with Crippen molar-refractivity contribution in [2.24, 2.45) is 11.8 Å². The van der Waals surface area contributed by atoms with Gasteiger partial charge in [-0.25, -0.2) is 4.79 Å². The third-order valence-corrected chi connectivity index (χ3v) is 5.51. The quantitative estimate of drug-likeness (QED) is 0.338. The molecule has 0 spiro atoms. The summed E-state index contributed by atoms with van der Waals surface area (Å²) in [6.07, 6.45) is 12.7. The van der Waals surface area contributed by atoms with E-state index in [1.54, 1.807) is 12.1 Å². The number of ether oxygens (including phenoxy) is 2. The highest BCUT2D eigenvalue weighted by molar-refractivity contribution is 5.89. The minimum absolute atomic E-state index is 0.247. The number of hydrogen-bond acceptors (Lipinski definition) is 3. The minimum Gasteiger partial charge on any atom is -0.494 e. The van der Waals surface area contributed by atoms with Crippen LogP contribution in [0.25, 0.3) is 0 Å². The molecule has 0 heterocycles. The fraction of sp³-hybridized carbons (Fsp3) is 0.696. The molecule has 3 nitrogen and oxygen atoms in total. The van der Waals surface area contributed by atoms with E-state index < -0.39 is 0 Å². The molecule has 0 atom stereocenters. The van der Waals surface area contributed by atoms with Gasteiger partial charge in [0.15, 0.2) is 0 Å². The van der Waals surface area contributed by atoms with Crippen LogP contribution in [0.3, 0.4) is 0 Å². The van der Waals surface area contributed by atoms with Crippen LogP contribution in [-0.4, -0.2) is 19.2 Å². The van der Waals surface area contributed by atoms with E-state index >= 15 is 0 Å². The van der Waals surface area contributed by atoms with Gasteiger partial charge in [-0.05, 0) is 55.4 Å². The zero-order valence-corrected chi connectivity index (χ0v) is 16.7. The van der Waals surface area contributed by atoms with Gasteiger partial charge in [-0.3, -0.25) is 0 Å². The minimum atomic E-state index is -0.247. The first kappa shape index (κ1) is 20.8. The summed E-state index contributed by atoms with van der Waals surface area (Å²) in [5.74, 6) is 2.47. The van der Waals surface area contributed by atoms with E-state index in [1.165, 1.54) is 44.9 Å². The SMILES string of the molecule is CCCCOC(=O)c1ccc(OCCCC2CCC(CCC)CC2)cc1. The smallest absolute Gasteiger partial charge is 0.338 e. The lowest BCUT2D eigenvalue weighted by Gasteiger charge is -2.28. The van der Waals surface area contributed by atoms with Crippen LogP contribution in [0.15, 0.2) is 24.3 Å². The standard InChI is InChI=1S/C23H36O3/c1-3-5-17-26-23(24)21-13-15-22(16-14-21)25-18-6-8-20-11-9-19(7-4-2)10-12-20/h13-16,19-20H,3-12,17-18H2,1-2H3. The molecule has 1 fully saturated rings. The lowest BCUT2D eigenvalue weighted by molar-refractivity contribution is 0.0499. The van der Waals surface area contributed by atoms with Crippen molar-refractivity contribution in [3.05, 3.63) is 29.8 Å². The Morgan fingerprint density at radius 1 is 0.885 bits per heavy atom. The van der Waals surface area contributed by atoms with Crippen molar-refractivity contribution in [2.45, 2.75) is 78.1 Å². The van der Waals surface area contributed by atoms with Gasteiger partial charge in [0.05, 0.1) is 18.8 Å². The molecular weight excluding hydrogens is 324 g/mol. The second-order valence-corrected chi connectivity index (χ2v) is 7.68. The Hall–Kier alpha value is -1.51. The van der Waals surface area contributed by atoms with Gasteiger partial charge in [0.25, 0.3) is 0 Å². The fourth-order valence-electron chi connectivity index (χ4n) is 3.86. The van der Waals surface area contributed by atoms with Gasteiger partial charge < -0.3 is 9.47 Å². The molecular formula is C23H36O3. The van der Waals surface area contributed by atoms with Crippen LogP contribution in [0.2, 0.25) is 0 Å². The molecule has 1 aliphatic rings. The molecule has 26 heavy (non-hydrogen) atoms. The number of carbonyl (C=O) groups excluding carboxylic acids is 1. The van der Waals surface area contributed by atoms with Crippen LogP contribution in [0.1, 0.15) is 88.4 Å². The average Bonchev–Trinajstić information content (AvgIpc) is 2.67. The second kappa shape index (κ2) is 12.0. The molecule has 0 aliphatic heterocycles. The van der Waals surface area contributed by atoms with Gasteiger partial charge >= 0.3 is 5.97 Å². The van der Waals surface area contributed by atoms with Gasteiger partial charge in [-0.15, -0.1) is 0 Å². The summed E-state index contributed by atoms with van der Waals surface area (Å²) < 4.78 is 11.1. The van der Waals surface area contributed by atoms with E-state index in [0.717, 1.165) is 43.5 Å². The second-order valence-electron chi connectivity index (χ2n) is 7.68. The normalized spacial score (nSPS) is 19.9. The molecule has 2 rings (SSSR count). The first-order valence-corrected chi connectivity index (χ1v) is 10.6. The average molecular weight is 361 g/mol. The van der Waals surface area contributed by atoms with Crippen LogP contribution < -0.4 is 4.74 Å². The Bertz CT molecular complexity index is 501. The lowest BCUT2D eigenvalue weighted by Crippen LogP contribution is -2.15. The molecule has 0 unspecified atom stereocenters. The van der Waals surface area contributed by atoms with E-state index in [-0.39, 0.29) is 5.97 Å². The third kappa shape index (κ3) is 7.39. The zero-order valence-electron chi connectivity index (χ0n) is 16.7. The molecule has 3 heteroatoms. The van der Waals surface area contributed by atoms with Crippen LogP contribution >= 0.6 is 0 Å². The van der Waals surface area contributed by atoms with Crippen LogP contribution in [0.5, 0.6) is 5.75 Å². The molecule has 146 valence electrons. The number of unbranched alkanes of at least 4 members (excludes halogenated alkanes) is 1. The van der Waals surface area contributed by atoms with E-state index in [2.05, 4.69) is 13.8 Å². The van der Waals surface area contributed by atoms with Crippen molar-refractivity contribution in [3.8, 4) is 5.75 Å². The molecule has 0 radical (unpaired) electrons. The van der Waals surface area contributed by atoms with E-state index in [0.29, 0.717) is 12.2 Å². The van der Waals surface area contributed by atoms with Gasteiger partial charge in [-0.1, -0.05) is 58.8 Å². The van der Waals surface area contributed by atoms with Crippen molar-refractivity contribution in [1.29, 1.82) is 0 Å². The largest absolute Gasteiger partial charge is 0.494 e. The monoisotopic (exact) mass is 360 g/mol. The molecule has 1 saturated carbocycles. The molecule has 0 aromatic heterocycles. The van der Waals surface area contributed by atoms with Crippen molar-refractivity contribution < 1.29 is 14.3 Å². The zero-order chi connectivity index (χ0) is 18.6. The maximum atomic E-state index is 11.9. The topological polar surface area (TPSA) is 35.5 Å². The Morgan fingerprint density at radius 3 is 2.15 bits per heavy atom. The molecule has 1 aromatic rings. The maximum absolute atomic E-state index is 11.9. The summed E-state index contributed by atoms with van der Waals surface area (Å²) in [6, 6.07) is 7.32. The highest BCUT2D eigenvalue weighted by Gasteiger charge is 2.20. The van der Waals surface area contributed by atoms with Crippen LogP contribution in [-0.2, 0) is 4.74 Å². The number of benzene rings is 1. The van der Waals surface area contributed by atoms with Crippen molar-refractivity contribution in [2.75, 3.05) is 13.2 Å². The summed E-state index contributed by atoms with van der Waals surface area (Å²) in [6.45, 7) is 5.63. The maximum Gasteiger partial charge on any atom is 0.338 e. The van der Waals surface area contributed by atoms with Gasteiger partial charge in [0.2, 0.25) is 0 Å². The van der Waals surface area contributed by atoms with Crippen molar-refractivity contribution >= 4 is 5.97 Å². The van der Waals surface area contributed by atoms with E-state index in [4.69, 9.17) is 9.47 Å². The summed E-state index contributed by atoms with van der Waals surface area (Å²) >= 11 is 0. The van der Waals surface area contributed by atoms with Crippen LogP contribution in [0.4, 0.5) is 0 Å². The fourth-order valence-corrected chi connectivity index (χ4v) is 3.86. The van der Waals surface area contributed by atoms with Gasteiger partial charge in [0, 0.05) is 0 Å². The first-order valence-electron chi connectivity index (χ1n) is 10.6. The summed E-state index contributed by atoms with van der Waals surface area (Å²) in [5.41, 5.74) is 0.595. The molecule has 0 saturated heterocycles. The molecule has 0 bridgehead atoms. The van der Waals surface area contributed by atoms with Crippen LogP contribution in [0, 0.1) is 11.8 Å². The predicted molar refractivity (Wildman–Crippen MR) is 107 cm³/mol. The highest BCUT2D eigenvalue weighted by Crippen LogP contribution is 2.33. The number of esters is 1. The Labute approximate surface area is 159 Å². The summed E-state index contributed by atoms with van der Waals surface area (Å²) in [7, 11) is 0. The molecule has 0 amide bonds. The highest BCUT2D eigenvalue weighted by atomic mass is 16.5. The lowest BCUT2D eigenvalue weighted by atomic mass is 9.78. The Balaban J connectivity index is 1.60. The van der Waals surface area contributed by atoms with Crippen molar-refractivity contribution in [3.63, 3.8) is 0 Å². The Morgan fingerprint density at radius 2 is 1.54 bits per heavy atom. The number of carbonyl (C=O) groups is 1.